The molecule has 1 heteroatoms. The molecule has 1 heterocycles. The molecule has 0 spiro atoms. The molecule has 8 aromatic carbocycles. The smallest absolute Gasteiger partial charge is 0.0361 e. The third-order valence-electron chi connectivity index (χ3n) is 10.5. The first-order chi connectivity index (χ1) is 22.6. The lowest BCUT2D eigenvalue weighted by Gasteiger charge is -2.22. The van der Waals surface area contributed by atoms with Gasteiger partial charge in [0.15, 0.2) is 0 Å². The highest BCUT2D eigenvalue weighted by Crippen LogP contribution is 2.53. The highest BCUT2D eigenvalue weighted by atomic mass is 32.1. The molecule has 0 saturated heterocycles. The van der Waals surface area contributed by atoms with Crippen LogP contribution in [-0.4, -0.2) is 0 Å². The summed E-state index contributed by atoms with van der Waals surface area (Å²) in [6, 6.07) is 54.5. The van der Waals surface area contributed by atoms with Crippen LogP contribution in [-0.2, 0) is 5.41 Å². The first kappa shape index (κ1) is 26.0. The van der Waals surface area contributed by atoms with Crippen LogP contribution in [0.25, 0.3) is 85.9 Å². The Morgan fingerprint density at radius 2 is 0.978 bits per heavy atom. The Morgan fingerprint density at radius 3 is 1.72 bits per heavy atom. The van der Waals surface area contributed by atoms with Crippen molar-refractivity contribution in [2.24, 2.45) is 0 Å². The van der Waals surface area contributed by atoms with Crippen molar-refractivity contribution in [3.63, 3.8) is 0 Å². The summed E-state index contributed by atoms with van der Waals surface area (Å²) < 4.78 is 2.72. The van der Waals surface area contributed by atoms with Crippen molar-refractivity contribution in [3.8, 4) is 33.4 Å². The van der Waals surface area contributed by atoms with Crippen LogP contribution in [0.1, 0.15) is 25.0 Å². The van der Waals surface area contributed by atoms with Gasteiger partial charge in [-0.3, -0.25) is 0 Å². The third-order valence-corrected chi connectivity index (χ3v) is 11.6. The monoisotopic (exact) mass is 602 g/mol. The molecule has 0 atom stereocenters. The average molecular weight is 603 g/mol. The van der Waals surface area contributed by atoms with Gasteiger partial charge in [0.1, 0.15) is 0 Å². The zero-order valence-corrected chi connectivity index (χ0v) is 26.6. The molecule has 9 aromatic rings. The summed E-state index contributed by atoms with van der Waals surface area (Å²) in [6.45, 7) is 4.78. The van der Waals surface area contributed by atoms with Crippen molar-refractivity contribution in [3.05, 3.63) is 157 Å². The van der Waals surface area contributed by atoms with Gasteiger partial charge in [-0.25, -0.2) is 0 Å². The number of hydrogen-bond donors (Lipinski definition) is 0. The molecule has 1 aliphatic carbocycles. The van der Waals surface area contributed by atoms with Crippen LogP contribution in [0.2, 0.25) is 0 Å². The van der Waals surface area contributed by atoms with E-state index in [4.69, 9.17) is 0 Å². The Morgan fingerprint density at radius 1 is 0.391 bits per heavy atom. The Hall–Kier alpha value is -5.24. The predicted molar refractivity (Wildman–Crippen MR) is 200 cm³/mol. The maximum atomic E-state index is 2.48. The van der Waals surface area contributed by atoms with Gasteiger partial charge in [-0.05, 0) is 101 Å². The van der Waals surface area contributed by atoms with Gasteiger partial charge in [-0.15, -0.1) is 11.3 Å². The molecule has 0 bridgehead atoms. The minimum Gasteiger partial charge on any atom is -0.135 e. The van der Waals surface area contributed by atoms with Crippen LogP contribution in [0.4, 0.5) is 0 Å². The molecule has 0 N–H and O–H groups in total. The van der Waals surface area contributed by atoms with Crippen molar-refractivity contribution in [2.75, 3.05) is 0 Å². The third kappa shape index (κ3) is 3.49. The number of thiophene rings is 1. The van der Waals surface area contributed by atoms with Crippen molar-refractivity contribution in [1.29, 1.82) is 0 Å². The summed E-state index contributed by atoms with van der Waals surface area (Å²) in [4.78, 5) is 0. The van der Waals surface area contributed by atoms with E-state index in [2.05, 4.69) is 159 Å². The van der Waals surface area contributed by atoms with Crippen LogP contribution in [0.5, 0.6) is 0 Å². The zero-order chi connectivity index (χ0) is 30.6. The summed E-state index contributed by atoms with van der Waals surface area (Å²) in [5, 5.41) is 10.5. The van der Waals surface area contributed by atoms with Crippen molar-refractivity contribution in [1.82, 2.24) is 0 Å². The first-order valence-electron chi connectivity index (χ1n) is 16.1. The van der Waals surface area contributed by atoms with Gasteiger partial charge < -0.3 is 0 Å². The van der Waals surface area contributed by atoms with Crippen LogP contribution in [0, 0.1) is 0 Å². The van der Waals surface area contributed by atoms with E-state index in [1.807, 2.05) is 11.3 Å². The molecule has 46 heavy (non-hydrogen) atoms. The highest BCUT2D eigenvalue weighted by molar-refractivity contribution is 7.25. The van der Waals surface area contributed by atoms with E-state index in [-0.39, 0.29) is 5.41 Å². The van der Waals surface area contributed by atoms with E-state index in [9.17, 15) is 0 Å². The van der Waals surface area contributed by atoms with E-state index in [0.29, 0.717) is 0 Å². The average Bonchev–Trinajstić information content (AvgIpc) is 3.57. The van der Waals surface area contributed by atoms with Gasteiger partial charge in [0.05, 0.1) is 0 Å². The number of benzene rings is 8. The molecule has 0 unspecified atom stereocenters. The minimum absolute atomic E-state index is 0.0667. The summed E-state index contributed by atoms with van der Waals surface area (Å²) >= 11 is 1.91. The molecular formula is C45H30S. The van der Waals surface area contributed by atoms with E-state index in [0.717, 1.165) is 0 Å². The van der Waals surface area contributed by atoms with E-state index < -0.39 is 0 Å². The minimum atomic E-state index is -0.0667. The fourth-order valence-corrected chi connectivity index (χ4v) is 9.42. The number of rotatable bonds is 2. The summed E-state index contributed by atoms with van der Waals surface area (Å²) in [6.07, 6.45) is 0. The van der Waals surface area contributed by atoms with E-state index in [1.165, 1.54) is 97.0 Å². The molecule has 1 aromatic heterocycles. The van der Waals surface area contributed by atoms with Crippen LogP contribution in [0.15, 0.2) is 146 Å². The Bertz CT molecular complexity index is 2660. The van der Waals surface area contributed by atoms with E-state index >= 15 is 0 Å². The fraction of sp³-hybridized carbons (Fsp3) is 0.0667. The maximum absolute atomic E-state index is 2.48. The Labute approximate surface area is 272 Å². The molecule has 0 amide bonds. The second-order valence-corrected chi connectivity index (χ2v) is 14.3. The maximum Gasteiger partial charge on any atom is 0.0361 e. The lowest BCUT2D eigenvalue weighted by molar-refractivity contribution is 0.661. The Kier molecular flexibility index (Phi) is 5.31. The van der Waals surface area contributed by atoms with Crippen molar-refractivity contribution < 1.29 is 0 Å². The first-order valence-corrected chi connectivity index (χ1v) is 16.9. The summed E-state index contributed by atoms with van der Waals surface area (Å²) in [7, 11) is 0. The number of fused-ring (bicyclic) bond motifs is 9. The molecule has 0 nitrogen and oxygen atoms in total. The van der Waals surface area contributed by atoms with Gasteiger partial charge in [-0.1, -0.05) is 135 Å². The van der Waals surface area contributed by atoms with E-state index in [1.54, 1.807) is 0 Å². The standard InChI is InChI=1S/C45H30S/c1-45(2)39-23-22-28(24-36(39)37-26-42-38(25-40(37)45)30-15-9-10-21-41(30)46-42)43-32-16-5-7-18-34(32)44(35-19-8-6-17-33(35)43)31-20-11-13-27-12-3-4-14-29(27)31/h3-26H,1-2H3. The van der Waals surface area contributed by atoms with Crippen LogP contribution >= 0.6 is 11.3 Å². The van der Waals surface area contributed by atoms with Crippen LogP contribution < -0.4 is 0 Å². The molecule has 10 rings (SSSR count). The topological polar surface area (TPSA) is 0 Å². The van der Waals surface area contributed by atoms with Gasteiger partial charge in [0, 0.05) is 25.6 Å². The summed E-state index contributed by atoms with van der Waals surface area (Å²) in [5.74, 6) is 0. The largest absolute Gasteiger partial charge is 0.135 e. The highest BCUT2D eigenvalue weighted by Gasteiger charge is 2.36. The molecular weight excluding hydrogens is 573 g/mol. The lowest BCUT2D eigenvalue weighted by atomic mass is 9.81. The quantitative estimate of drug-likeness (QED) is 0.173. The van der Waals surface area contributed by atoms with Gasteiger partial charge >= 0.3 is 0 Å². The lowest BCUT2D eigenvalue weighted by Crippen LogP contribution is -2.14. The zero-order valence-electron chi connectivity index (χ0n) is 25.8. The van der Waals surface area contributed by atoms with Gasteiger partial charge in [0.2, 0.25) is 0 Å². The molecule has 0 fully saturated rings. The van der Waals surface area contributed by atoms with Gasteiger partial charge in [-0.2, -0.15) is 0 Å². The molecule has 0 radical (unpaired) electrons. The predicted octanol–water partition coefficient (Wildman–Crippen LogP) is 13.2. The molecule has 1 aliphatic rings. The summed E-state index contributed by atoms with van der Waals surface area (Å²) in [5.41, 5.74) is 10.7. The fourth-order valence-electron chi connectivity index (χ4n) is 8.30. The molecule has 0 aliphatic heterocycles. The molecule has 216 valence electrons. The van der Waals surface area contributed by atoms with Gasteiger partial charge in [0.25, 0.3) is 0 Å². The SMILES string of the molecule is CC1(C)c2ccc(-c3c4ccccc4c(-c4cccc5ccccc45)c4ccccc34)cc2-c2cc3sc4ccccc4c3cc21. The van der Waals surface area contributed by atoms with Crippen molar-refractivity contribution >= 4 is 63.8 Å². The second-order valence-electron chi connectivity index (χ2n) is 13.2. The van der Waals surface area contributed by atoms with Crippen molar-refractivity contribution in [2.45, 2.75) is 19.3 Å². The number of hydrogen-bond acceptors (Lipinski definition) is 1. The van der Waals surface area contributed by atoms with Crippen LogP contribution in [0.3, 0.4) is 0 Å². The Balaban J connectivity index is 1.27. The normalized spacial score (nSPS) is 13.6. The second kappa shape index (κ2) is 9.39. The molecule has 0 saturated carbocycles.